The molecule has 0 saturated heterocycles. The van der Waals surface area contributed by atoms with Crippen LogP contribution in [0.4, 0.5) is 4.79 Å². The molecule has 0 spiro atoms. The number of carboxylic acid groups (broad SMARTS) is 1. The molecule has 1 aromatic rings. The second kappa shape index (κ2) is 4.65. The van der Waals surface area contributed by atoms with Crippen LogP contribution in [-0.4, -0.2) is 29.7 Å². The molecule has 76 valence electrons. The molecule has 0 aromatic heterocycles. The van der Waals surface area contributed by atoms with Crippen molar-refractivity contribution in [1.29, 1.82) is 0 Å². The molecule has 0 saturated carbocycles. The van der Waals surface area contributed by atoms with Crippen molar-refractivity contribution >= 4 is 6.09 Å². The lowest BCUT2D eigenvalue weighted by Gasteiger charge is -2.12. The second-order valence-electron chi connectivity index (χ2n) is 3.44. The van der Waals surface area contributed by atoms with Gasteiger partial charge in [-0.2, -0.15) is 0 Å². The van der Waals surface area contributed by atoms with Gasteiger partial charge in [0.25, 0.3) is 0 Å². The molecule has 0 aliphatic carbocycles. The highest BCUT2D eigenvalue weighted by Crippen LogP contribution is 2.04. The van der Waals surface area contributed by atoms with E-state index in [-0.39, 0.29) is 0 Å². The van der Waals surface area contributed by atoms with Gasteiger partial charge in [0.15, 0.2) is 0 Å². The number of nitrogens with zero attached hydrogens (tertiary/aromatic N) is 1. The van der Waals surface area contributed by atoms with Gasteiger partial charge < -0.3 is 10.0 Å². The number of carbonyl (C=O) groups is 1. The molecular weight excluding hydrogens is 178 g/mol. The van der Waals surface area contributed by atoms with Crippen LogP contribution in [0, 0.1) is 6.92 Å². The van der Waals surface area contributed by atoms with Gasteiger partial charge in [-0.1, -0.05) is 29.8 Å². The molecule has 1 rings (SSSR count). The topological polar surface area (TPSA) is 40.5 Å². The maximum atomic E-state index is 10.5. The Bertz CT molecular complexity index is 306. The monoisotopic (exact) mass is 193 g/mol. The number of hydrogen-bond donors (Lipinski definition) is 1. The molecule has 0 atom stereocenters. The SMILES string of the molecule is Cc1ccc(CCN(C)C(=O)O)cc1. The van der Waals surface area contributed by atoms with Crippen LogP contribution in [0.1, 0.15) is 11.1 Å². The Labute approximate surface area is 84.0 Å². The highest BCUT2D eigenvalue weighted by Gasteiger charge is 2.04. The van der Waals surface area contributed by atoms with Crippen molar-refractivity contribution in [3.8, 4) is 0 Å². The van der Waals surface area contributed by atoms with Gasteiger partial charge >= 0.3 is 6.09 Å². The van der Waals surface area contributed by atoms with Crippen LogP contribution in [0.5, 0.6) is 0 Å². The predicted octanol–water partition coefficient (Wildman–Crippen LogP) is 2.15. The Morgan fingerprint density at radius 2 is 1.93 bits per heavy atom. The molecule has 0 heterocycles. The highest BCUT2D eigenvalue weighted by molar-refractivity contribution is 5.64. The minimum absolute atomic E-state index is 0.540. The maximum Gasteiger partial charge on any atom is 0.407 e. The summed E-state index contributed by atoms with van der Waals surface area (Å²) in [6, 6.07) is 8.14. The summed E-state index contributed by atoms with van der Waals surface area (Å²) < 4.78 is 0. The van der Waals surface area contributed by atoms with E-state index in [1.165, 1.54) is 16.0 Å². The summed E-state index contributed by atoms with van der Waals surface area (Å²) in [6.07, 6.45) is -0.111. The highest BCUT2D eigenvalue weighted by atomic mass is 16.4. The molecule has 1 amide bonds. The van der Waals surface area contributed by atoms with E-state index in [0.717, 1.165) is 6.42 Å². The van der Waals surface area contributed by atoms with E-state index >= 15 is 0 Å². The van der Waals surface area contributed by atoms with Crippen molar-refractivity contribution < 1.29 is 9.90 Å². The lowest BCUT2D eigenvalue weighted by Crippen LogP contribution is -2.26. The van der Waals surface area contributed by atoms with Crippen molar-refractivity contribution in [2.24, 2.45) is 0 Å². The zero-order chi connectivity index (χ0) is 10.6. The van der Waals surface area contributed by atoms with Crippen LogP contribution in [0.2, 0.25) is 0 Å². The molecule has 3 heteroatoms. The molecule has 3 nitrogen and oxygen atoms in total. The summed E-state index contributed by atoms with van der Waals surface area (Å²) in [4.78, 5) is 11.8. The summed E-state index contributed by atoms with van der Waals surface area (Å²) in [6.45, 7) is 2.57. The van der Waals surface area contributed by atoms with E-state index in [9.17, 15) is 4.79 Å². The van der Waals surface area contributed by atoms with Crippen molar-refractivity contribution in [3.63, 3.8) is 0 Å². The van der Waals surface area contributed by atoms with Crippen LogP contribution >= 0.6 is 0 Å². The zero-order valence-corrected chi connectivity index (χ0v) is 8.53. The third-order valence-corrected chi connectivity index (χ3v) is 2.18. The van der Waals surface area contributed by atoms with Crippen LogP contribution in [0.3, 0.4) is 0 Å². The van der Waals surface area contributed by atoms with Gasteiger partial charge in [0.05, 0.1) is 0 Å². The lowest BCUT2D eigenvalue weighted by molar-refractivity contribution is 0.156. The largest absolute Gasteiger partial charge is 0.465 e. The minimum atomic E-state index is -0.878. The number of hydrogen-bond acceptors (Lipinski definition) is 1. The first-order chi connectivity index (χ1) is 6.59. The molecule has 1 N–H and O–H groups in total. The Kier molecular flexibility index (Phi) is 3.51. The number of amides is 1. The van der Waals surface area contributed by atoms with Gasteiger partial charge in [-0.15, -0.1) is 0 Å². The summed E-state index contributed by atoms with van der Waals surface area (Å²) >= 11 is 0. The lowest BCUT2D eigenvalue weighted by atomic mass is 10.1. The average molecular weight is 193 g/mol. The third-order valence-electron chi connectivity index (χ3n) is 2.18. The van der Waals surface area contributed by atoms with Gasteiger partial charge in [0.2, 0.25) is 0 Å². The first kappa shape index (κ1) is 10.6. The smallest absolute Gasteiger partial charge is 0.407 e. The molecule has 0 unspecified atom stereocenters. The van der Waals surface area contributed by atoms with Crippen LogP contribution in [-0.2, 0) is 6.42 Å². The molecule has 0 fully saturated rings. The normalized spacial score (nSPS) is 9.86. The van der Waals surface area contributed by atoms with Crippen LogP contribution in [0.25, 0.3) is 0 Å². The zero-order valence-electron chi connectivity index (χ0n) is 8.53. The Balaban J connectivity index is 2.46. The summed E-state index contributed by atoms with van der Waals surface area (Å²) in [7, 11) is 1.58. The fourth-order valence-electron chi connectivity index (χ4n) is 1.15. The number of rotatable bonds is 3. The molecule has 0 radical (unpaired) electrons. The van der Waals surface area contributed by atoms with E-state index in [1.807, 2.05) is 31.2 Å². The van der Waals surface area contributed by atoms with E-state index in [2.05, 4.69) is 0 Å². The van der Waals surface area contributed by atoms with Gasteiger partial charge in [0, 0.05) is 13.6 Å². The van der Waals surface area contributed by atoms with Crippen molar-refractivity contribution in [3.05, 3.63) is 35.4 Å². The van der Waals surface area contributed by atoms with Crippen LogP contribution in [0.15, 0.2) is 24.3 Å². The fraction of sp³-hybridized carbons (Fsp3) is 0.364. The molecule has 0 bridgehead atoms. The summed E-state index contributed by atoms with van der Waals surface area (Å²) in [5.41, 5.74) is 2.39. The van der Waals surface area contributed by atoms with Gasteiger partial charge in [-0.05, 0) is 18.9 Å². The molecule has 1 aromatic carbocycles. The average Bonchev–Trinajstić information content (AvgIpc) is 2.16. The van der Waals surface area contributed by atoms with Gasteiger partial charge in [0.1, 0.15) is 0 Å². The first-order valence-corrected chi connectivity index (χ1v) is 4.59. The van der Waals surface area contributed by atoms with Crippen LogP contribution < -0.4 is 0 Å². The summed E-state index contributed by atoms with van der Waals surface area (Å²) in [5.74, 6) is 0. The number of benzene rings is 1. The van der Waals surface area contributed by atoms with E-state index < -0.39 is 6.09 Å². The molecular formula is C11H15NO2. The van der Waals surface area contributed by atoms with E-state index in [4.69, 9.17) is 5.11 Å². The predicted molar refractivity (Wildman–Crippen MR) is 55.5 cm³/mol. The Morgan fingerprint density at radius 1 is 1.36 bits per heavy atom. The van der Waals surface area contributed by atoms with Crippen molar-refractivity contribution in [2.45, 2.75) is 13.3 Å². The maximum absolute atomic E-state index is 10.5. The van der Waals surface area contributed by atoms with Gasteiger partial charge in [-0.3, -0.25) is 0 Å². The Hall–Kier alpha value is -1.51. The van der Waals surface area contributed by atoms with Gasteiger partial charge in [-0.25, -0.2) is 4.79 Å². The van der Waals surface area contributed by atoms with E-state index in [0.29, 0.717) is 6.54 Å². The number of likely N-dealkylation sites (N-methyl/N-ethyl adjacent to an activating group) is 1. The van der Waals surface area contributed by atoms with Crippen molar-refractivity contribution in [2.75, 3.05) is 13.6 Å². The fourth-order valence-corrected chi connectivity index (χ4v) is 1.15. The summed E-state index contributed by atoms with van der Waals surface area (Å²) in [5, 5.41) is 8.63. The minimum Gasteiger partial charge on any atom is -0.465 e. The molecule has 0 aliphatic rings. The second-order valence-corrected chi connectivity index (χ2v) is 3.44. The molecule has 0 aliphatic heterocycles. The Morgan fingerprint density at radius 3 is 2.43 bits per heavy atom. The van der Waals surface area contributed by atoms with Crippen molar-refractivity contribution in [1.82, 2.24) is 4.90 Å². The quantitative estimate of drug-likeness (QED) is 0.799. The van der Waals surface area contributed by atoms with E-state index in [1.54, 1.807) is 7.05 Å². The molecule has 14 heavy (non-hydrogen) atoms. The first-order valence-electron chi connectivity index (χ1n) is 4.59. The third kappa shape index (κ3) is 3.09. The standard InChI is InChI=1S/C11H15NO2/c1-9-3-5-10(6-4-9)7-8-12(2)11(13)14/h3-6H,7-8H2,1-2H3,(H,13,14). The number of aryl methyl sites for hydroxylation is 1.